The third-order valence-electron chi connectivity index (χ3n) is 5.67. The Kier molecular flexibility index (Phi) is 6.64. The molecule has 0 aliphatic carbocycles. The van der Waals surface area contributed by atoms with Crippen LogP contribution in [0.15, 0.2) is 109 Å². The van der Waals surface area contributed by atoms with E-state index in [0.717, 1.165) is 13.1 Å². The van der Waals surface area contributed by atoms with E-state index in [9.17, 15) is 0 Å². The highest BCUT2D eigenvalue weighted by atomic mass is 15.1. The third kappa shape index (κ3) is 5.32. The van der Waals surface area contributed by atoms with Crippen molar-refractivity contribution in [3.8, 4) is 0 Å². The summed E-state index contributed by atoms with van der Waals surface area (Å²) in [5, 5.41) is 0. The molecule has 0 aliphatic heterocycles. The Hall–Kier alpha value is -3.58. The van der Waals surface area contributed by atoms with Crippen LogP contribution >= 0.6 is 0 Å². The highest BCUT2D eigenvalue weighted by Gasteiger charge is 2.16. The molecule has 4 aromatic rings. The van der Waals surface area contributed by atoms with Gasteiger partial charge in [0, 0.05) is 24.4 Å². The molecule has 1 nitrogen and oxygen atoms in total. The zero-order valence-electron chi connectivity index (χ0n) is 18.3. The highest BCUT2D eigenvalue weighted by molar-refractivity contribution is 5.82. The van der Waals surface area contributed by atoms with Crippen molar-refractivity contribution in [2.24, 2.45) is 0 Å². The van der Waals surface area contributed by atoms with Crippen molar-refractivity contribution in [2.45, 2.75) is 26.9 Å². The molecule has 0 fully saturated rings. The number of benzene rings is 4. The van der Waals surface area contributed by atoms with Crippen molar-refractivity contribution in [3.05, 3.63) is 143 Å². The molecule has 0 saturated carbocycles. The van der Waals surface area contributed by atoms with Crippen LogP contribution in [0.1, 0.15) is 33.4 Å². The Bertz CT molecular complexity index is 1100. The molecule has 0 saturated heterocycles. The van der Waals surface area contributed by atoms with Crippen LogP contribution in [0.2, 0.25) is 0 Å². The van der Waals surface area contributed by atoms with E-state index < -0.39 is 0 Å². The van der Waals surface area contributed by atoms with Gasteiger partial charge in [-0.3, -0.25) is 0 Å². The van der Waals surface area contributed by atoms with Crippen molar-refractivity contribution < 1.29 is 0 Å². The van der Waals surface area contributed by atoms with Crippen LogP contribution in [0, 0.1) is 13.8 Å². The second-order valence-electron chi connectivity index (χ2n) is 8.03. The molecule has 0 aliphatic rings. The van der Waals surface area contributed by atoms with Crippen molar-refractivity contribution in [1.29, 1.82) is 0 Å². The zero-order valence-corrected chi connectivity index (χ0v) is 18.3. The van der Waals surface area contributed by atoms with E-state index in [1.807, 2.05) is 0 Å². The standard InChI is InChI=1S/C30H29N/c1-24-13-9-11-19-28(24)21-30(29-20-12-10-14-25(29)2)31(22-26-15-5-3-6-16-26)23-27-17-7-4-8-18-27/h3-21H,22-23H2,1-2H3/b30-21+. The molecule has 1 heteroatoms. The maximum atomic E-state index is 2.50. The normalized spacial score (nSPS) is 11.4. The minimum Gasteiger partial charge on any atom is -0.362 e. The van der Waals surface area contributed by atoms with E-state index in [-0.39, 0.29) is 0 Å². The largest absolute Gasteiger partial charge is 0.362 e. The number of nitrogens with zero attached hydrogens (tertiary/aromatic N) is 1. The van der Waals surface area contributed by atoms with Crippen molar-refractivity contribution in [3.63, 3.8) is 0 Å². The maximum absolute atomic E-state index is 2.50. The first kappa shape index (κ1) is 20.7. The van der Waals surface area contributed by atoms with Gasteiger partial charge in [-0.05, 0) is 47.7 Å². The molecule has 0 unspecified atom stereocenters. The van der Waals surface area contributed by atoms with Gasteiger partial charge in [-0.15, -0.1) is 0 Å². The fraction of sp³-hybridized carbons (Fsp3) is 0.133. The molecule has 4 aromatic carbocycles. The van der Waals surface area contributed by atoms with Gasteiger partial charge in [0.1, 0.15) is 0 Å². The molecular formula is C30H29N. The fourth-order valence-electron chi connectivity index (χ4n) is 3.93. The number of rotatable bonds is 7. The Morgan fingerprint density at radius 3 is 1.61 bits per heavy atom. The van der Waals surface area contributed by atoms with E-state index in [2.05, 4.69) is 134 Å². The van der Waals surface area contributed by atoms with Crippen LogP contribution in [0.3, 0.4) is 0 Å². The van der Waals surface area contributed by atoms with E-state index in [4.69, 9.17) is 0 Å². The molecule has 0 atom stereocenters. The lowest BCUT2D eigenvalue weighted by Gasteiger charge is -2.29. The summed E-state index contributed by atoms with van der Waals surface area (Å²) < 4.78 is 0. The monoisotopic (exact) mass is 403 g/mol. The van der Waals surface area contributed by atoms with Crippen LogP contribution in [-0.4, -0.2) is 4.90 Å². The smallest absolute Gasteiger partial charge is 0.0454 e. The summed E-state index contributed by atoms with van der Waals surface area (Å²) in [5.74, 6) is 0. The average Bonchev–Trinajstić information content (AvgIpc) is 2.80. The minimum atomic E-state index is 0.849. The van der Waals surface area contributed by atoms with Crippen LogP contribution in [-0.2, 0) is 13.1 Å². The second kappa shape index (κ2) is 9.95. The molecule has 31 heavy (non-hydrogen) atoms. The van der Waals surface area contributed by atoms with Gasteiger partial charge in [-0.1, -0.05) is 109 Å². The summed E-state index contributed by atoms with van der Waals surface area (Å²) >= 11 is 0. The average molecular weight is 404 g/mol. The predicted molar refractivity (Wildman–Crippen MR) is 132 cm³/mol. The van der Waals surface area contributed by atoms with Gasteiger partial charge in [0.2, 0.25) is 0 Å². The Balaban J connectivity index is 1.84. The molecule has 154 valence electrons. The summed E-state index contributed by atoms with van der Waals surface area (Å²) in [6.45, 7) is 6.08. The third-order valence-corrected chi connectivity index (χ3v) is 5.67. The van der Waals surface area contributed by atoms with E-state index in [1.54, 1.807) is 0 Å². The molecule has 0 bridgehead atoms. The second-order valence-corrected chi connectivity index (χ2v) is 8.03. The lowest BCUT2D eigenvalue weighted by Crippen LogP contribution is -2.22. The SMILES string of the molecule is Cc1ccccc1/C=C(\c1ccccc1C)N(Cc1ccccc1)Cc1ccccc1. The lowest BCUT2D eigenvalue weighted by molar-refractivity contribution is 0.385. The van der Waals surface area contributed by atoms with Gasteiger partial charge >= 0.3 is 0 Å². The predicted octanol–water partition coefficient (Wildman–Crippen LogP) is 7.50. The summed E-state index contributed by atoms with van der Waals surface area (Å²) in [6.07, 6.45) is 2.35. The Morgan fingerprint density at radius 1 is 0.581 bits per heavy atom. The highest BCUT2D eigenvalue weighted by Crippen LogP contribution is 2.29. The fourth-order valence-corrected chi connectivity index (χ4v) is 3.93. The number of hydrogen-bond acceptors (Lipinski definition) is 1. The molecule has 0 amide bonds. The summed E-state index contributed by atoms with van der Waals surface area (Å²) in [6, 6.07) is 38.8. The van der Waals surface area contributed by atoms with Gasteiger partial charge in [-0.25, -0.2) is 0 Å². The van der Waals surface area contributed by atoms with E-state index >= 15 is 0 Å². The summed E-state index contributed by atoms with van der Waals surface area (Å²) in [7, 11) is 0. The maximum Gasteiger partial charge on any atom is 0.0454 e. The summed E-state index contributed by atoms with van der Waals surface area (Å²) in [4.78, 5) is 2.50. The first-order valence-electron chi connectivity index (χ1n) is 10.9. The first-order chi connectivity index (χ1) is 15.2. The Labute approximate surface area is 186 Å². The van der Waals surface area contributed by atoms with Crippen LogP contribution in [0.25, 0.3) is 11.8 Å². The molecular weight excluding hydrogens is 374 g/mol. The van der Waals surface area contributed by atoms with Crippen LogP contribution in [0.5, 0.6) is 0 Å². The van der Waals surface area contributed by atoms with Crippen molar-refractivity contribution in [2.75, 3.05) is 0 Å². The first-order valence-corrected chi connectivity index (χ1v) is 10.9. The van der Waals surface area contributed by atoms with Crippen LogP contribution < -0.4 is 0 Å². The molecule has 4 rings (SSSR count). The molecule has 0 spiro atoms. The quantitative estimate of drug-likeness (QED) is 0.289. The lowest BCUT2D eigenvalue weighted by atomic mass is 9.99. The van der Waals surface area contributed by atoms with Gasteiger partial charge in [-0.2, -0.15) is 0 Å². The molecule has 0 N–H and O–H groups in total. The van der Waals surface area contributed by atoms with Crippen LogP contribution in [0.4, 0.5) is 0 Å². The van der Waals surface area contributed by atoms with Crippen molar-refractivity contribution >= 4 is 11.8 Å². The van der Waals surface area contributed by atoms with Gasteiger partial charge in [0.05, 0.1) is 0 Å². The Morgan fingerprint density at radius 2 is 1.06 bits per heavy atom. The van der Waals surface area contributed by atoms with Gasteiger partial charge in [0.25, 0.3) is 0 Å². The van der Waals surface area contributed by atoms with Gasteiger partial charge < -0.3 is 4.90 Å². The molecule has 0 heterocycles. The number of hydrogen-bond donors (Lipinski definition) is 0. The zero-order chi connectivity index (χ0) is 21.5. The van der Waals surface area contributed by atoms with Gasteiger partial charge in [0.15, 0.2) is 0 Å². The minimum absolute atomic E-state index is 0.849. The topological polar surface area (TPSA) is 3.24 Å². The molecule has 0 radical (unpaired) electrons. The van der Waals surface area contributed by atoms with E-state index in [0.29, 0.717) is 0 Å². The molecule has 0 aromatic heterocycles. The summed E-state index contributed by atoms with van der Waals surface area (Å²) in [5.41, 5.74) is 8.97. The number of aryl methyl sites for hydroxylation is 2. The van der Waals surface area contributed by atoms with Crippen molar-refractivity contribution in [1.82, 2.24) is 4.90 Å². The van der Waals surface area contributed by atoms with E-state index in [1.165, 1.54) is 39.1 Å².